The van der Waals surface area contributed by atoms with E-state index in [0.717, 1.165) is 18.5 Å². The van der Waals surface area contributed by atoms with Crippen LogP contribution < -0.4 is 15.5 Å². The Hall–Kier alpha value is -2.04. The average molecular weight is 315 g/mol. The second kappa shape index (κ2) is 6.60. The Morgan fingerprint density at radius 3 is 2.52 bits per heavy atom. The molecule has 1 aromatic carbocycles. The first kappa shape index (κ1) is 15.8. The highest BCUT2D eigenvalue weighted by atomic mass is 16.2. The first-order valence-corrected chi connectivity index (χ1v) is 8.50. The predicted octanol–water partition coefficient (Wildman–Crippen LogP) is 2.65. The zero-order valence-corrected chi connectivity index (χ0v) is 13.9. The van der Waals surface area contributed by atoms with E-state index in [9.17, 15) is 9.59 Å². The first-order valence-electron chi connectivity index (χ1n) is 8.50. The molecule has 5 heteroatoms. The topological polar surface area (TPSA) is 61.4 Å². The fraction of sp³-hybridized carbons (Fsp3) is 0.556. The minimum Gasteiger partial charge on any atom is -0.335 e. The lowest BCUT2D eigenvalue weighted by Gasteiger charge is -2.19. The summed E-state index contributed by atoms with van der Waals surface area (Å²) in [7, 11) is 0. The molecule has 3 amide bonds. The summed E-state index contributed by atoms with van der Waals surface area (Å²) in [5.41, 5.74) is 3.30. The summed E-state index contributed by atoms with van der Waals surface area (Å²) in [6.07, 6.45) is 5.09. The Kier molecular flexibility index (Phi) is 4.55. The summed E-state index contributed by atoms with van der Waals surface area (Å²) >= 11 is 0. The number of carbonyl (C=O) groups excluding carboxylic acids is 2. The van der Waals surface area contributed by atoms with Crippen LogP contribution in [-0.4, -0.2) is 30.6 Å². The number of anilines is 1. The molecule has 3 rings (SSSR count). The molecule has 2 N–H and O–H groups in total. The molecule has 1 saturated carbocycles. The van der Waals surface area contributed by atoms with Gasteiger partial charge in [0.1, 0.15) is 6.04 Å². The number of hydrogen-bond acceptors (Lipinski definition) is 2. The smallest absolute Gasteiger partial charge is 0.315 e. The lowest BCUT2D eigenvalue weighted by Crippen LogP contribution is -2.48. The SMILES string of the molecule is Cc1ccc(N2CCC(NC(=O)NC3CCCC3)C2=O)cc1C. The molecule has 1 atom stereocenters. The standard InChI is InChI=1S/C18H25N3O2/c1-12-7-8-15(11-13(12)2)21-10-9-16(17(21)22)20-18(23)19-14-5-3-4-6-14/h7-8,11,14,16H,3-6,9-10H2,1-2H3,(H2,19,20,23). The monoisotopic (exact) mass is 315 g/mol. The Labute approximate surface area is 137 Å². The van der Waals surface area contributed by atoms with E-state index in [4.69, 9.17) is 0 Å². The van der Waals surface area contributed by atoms with Gasteiger partial charge in [-0.2, -0.15) is 0 Å². The molecule has 2 fully saturated rings. The summed E-state index contributed by atoms with van der Waals surface area (Å²) in [6.45, 7) is 4.75. The number of nitrogens with zero attached hydrogens (tertiary/aromatic N) is 1. The quantitative estimate of drug-likeness (QED) is 0.901. The molecule has 1 aromatic rings. The van der Waals surface area contributed by atoms with E-state index < -0.39 is 6.04 Å². The maximum atomic E-state index is 12.6. The van der Waals surface area contributed by atoms with Crippen molar-refractivity contribution in [2.45, 2.75) is 58.0 Å². The van der Waals surface area contributed by atoms with Crippen LogP contribution in [0.2, 0.25) is 0 Å². The van der Waals surface area contributed by atoms with Crippen LogP contribution in [0.4, 0.5) is 10.5 Å². The van der Waals surface area contributed by atoms with Crippen LogP contribution in [0.25, 0.3) is 0 Å². The molecule has 0 spiro atoms. The maximum absolute atomic E-state index is 12.6. The van der Waals surface area contributed by atoms with Gasteiger partial charge in [0.2, 0.25) is 5.91 Å². The minimum atomic E-state index is -0.419. The molecule has 0 radical (unpaired) electrons. The van der Waals surface area contributed by atoms with Crippen LogP contribution in [0.3, 0.4) is 0 Å². The number of aryl methyl sites for hydroxylation is 2. The molecule has 0 bridgehead atoms. The molecule has 1 aliphatic heterocycles. The van der Waals surface area contributed by atoms with E-state index >= 15 is 0 Å². The molecular weight excluding hydrogens is 290 g/mol. The van der Waals surface area contributed by atoms with Crippen LogP contribution in [0.15, 0.2) is 18.2 Å². The van der Waals surface area contributed by atoms with E-state index in [1.807, 2.05) is 25.1 Å². The van der Waals surface area contributed by atoms with Crippen molar-refractivity contribution in [2.75, 3.05) is 11.4 Å². The summed E-state index contributed by atoms with van der Waals surface area (Å²) in [5.74, 6) is -0.0187. The third-order valence-corrected chi connectivity index (χ3v) is 5.00. The molecule has 2 aliphatic rings. The number of urea groups is 1. The lowest BCUT2D eigenvalue weighted by molar-refractivity contribution is -0.118. The molecule has 1 aliphatic carbocycles. The number of hydrogen-bond donors (Lipinski definition) is 2. The highest BCUT2D eigenvalue weighted by Gasteiger charge is 2.34. The van der Waals surface area contributed by atoms with Crippen molar-refractivity contribution in [3.63, 3.8) is 0 Å². The van der Waals surface area contributed by atoms with Gasteiger partial charge in [-0.3, -0.25) is 4.79 Å². The molecule has 1 heterocycles. The molecular formula is C18H25N3O2. The molecule has 1 saturated heterocycles. The zero-order valence-electron chi connectivity index (χ0n) is 13.9. The van der Waals surface area contributed by atoms with Crippen molar-refractivity contribution >= 4 is 17.6 Å². The van der Waals surface area contributed by atoms with E-state index in [-0.39, 0.29) is 18.0 Å². The fourth-order valence-corrected chi connectivity index (χ4v) is 3.42. The lowest BCUT2D eigenvalue weighted by atomic mass is 10.1. The third kappa shape index (κ3) is 3.49. The third-order valence-electron chi connectivity index (χ3n) is 5.00. The Balaban J connectivity index is 1.59. The maximum Gasteiger partial charge on any atom is 0.315 e. The Morgan fingerprint density at radius 2 is 1.83 bits per heavy atom. The number of rotatable bonds is 3. The average Bonchev–Trinajstić information content (AvgIpc) is 3.13. The minimum absolute atomic E-state index is 0.0187. The largest absolute Gasteiger partial charge is 0.335 e. The number of amides is 3. The van der Waals surface area contributed by atoms with Crippen LogP contribution >= 0.6 is 0 Å². The van der Waals surface area contributed by atoms with E-state index in [2.05, 4.69) is 17.6 Å². The summed E-state index contributed by atoms with van der Waals surface area (Å²) < 4.78 is 0. The van der Waals surface area contributed by atoms with Gasteiger partial charge in [-0.15, -0.1) is 0 Å². The number of nitrogens with one attached hydrogen (secondary N) is 2. The zero-order chi connectivity index (χ0) is 16.4. The van der Waals surface area contributed by atoms with Gasteiger partial charge in [0, 0.05) is 18.3 Å². The highest BCUT2D eigenvalue weighted by Crippen LogP contribution is 2.24. The van der Waals surface area contributed by atoms with E-state index in [0.29, 0.717) is 13.0 Å². The van der Waals surface area contributed by atoms with Crippen LogP contribution in [0.1, 0.15) is 43.2 Å². The number of benzene rings is 1. The van der Waals surface area contributed by atoms with Gasteiger partial charge in [0.25, 0.3) is 0 Å². The molecule has 23 heavy (non-hydrogen) atoms. The second-order valence-electron chi connectivity index (χ2n) is 6.70. The van der Waals surface area contributed by atoms with Gasteiger partial charge in [0.05, 0.1) is 0 Å². The number of carbonyl (C=O) groups is 2. The van der Waals surface area contributed by atoms with Crippen LogP contribution in [0.5, 0.6) is 0 Å². The Bertz CT molecular complexity index is 608. The molecule has 5 nitrogen and oxygen atoms in total. The van der Waals surface area contributed by atoms with Gasteiger partial charge in [-0.05, 0) is 56.4 Å². The van der Waals surface area contributed by atoms with Crippen LogP contribution in [-0.2, 0) is 4.79 Å². The van der Waals surface area contributed by atoms with Gasteiger partial charge in [-0.1, -0.05) is 18.9 Å². The molecule has 1 unspecified atom stereocenters. The summed E-state index contributed by atoms with van der Waals surface area (Å²) in [5, 5.41) is 5.82. The van der Waals surface area contributed by atoms with Gasteiger partial charge >= 0.3 is 6.03 Å². The summed E-state index contributed by atoms with van der Waals surface area (Å²) in [4.78, 5) is 26.4. The van der Waals surface area contributed by atoms with Crippen molar-refractivity contribution in [2.24, 2.45) is 0 Å². The predicted molar refractivity (Wildman–Crippen MR) is 90.6 cm³/mol. The van der Waals surface area contributed by atoms with E-state index in [1.165, 1.54) is 24.0 Å². The van der Waals surface area contributed by atoms with Crippen molar-refractivity contribution < 1.29 is 9.59 Å². The first-order chi connectivity index (χ1) is 11.0. The van der Waals surface area contributed by atoms with Crippen molar-refractivity contribution in [3.8, 4) is 0 Å². The van der Waals surface area contributed by atoms with Gasteiger partial charge < -0.3 is 15.5 Å². The highest BCUT2D eigenvalue weighted by molar-refractivity contribution is 6.01. The van der Waals surface area contributed by atoms with E-state index in [1.54, 1.807) is 4.90 Å². The van der Waals surface area contributed by atoms with Gasteiger partial charge in [0.15, 0.2) is 0 Å². The van der Waals surface area contributed by atoms with Gasteiger partial charge in [-0.25, -0.2) is 4.79 Å². The second-order valence-corrected chi connectivity index (χ2v) is 6.70. The van der Waals surface area contributed by atoms with Crippen molar-refractivity contribution in [1.29, 1.82) is 0 Å². The molecule has 0 aromatic heterocycles. The fourth-order valence-electron chi connectivity index (χ4n) is 3.42. The van der Waals surface area contributed by atoms with Crippen molar-refractivity contribution in [1.82, 2.24) is 10.6 Å². The van der Waals surface area contributed by atoms with Crippen LogP contribution in [0, 0.1) is 13.8 Å². The normalized spacial score (nSPS) is 21.7. The summed E-state index contributed by atoms with van der Waals surface area (Å²) in [6, 6.07) is 5.68. The Morgan fingerprint density at radius 1 is 1.09 bits per heavy atom. The molecule has 124 valence electrons. The van der Waals surface area contributed by atoms with Crippen molar-refractivity contribution in [3.05, 3.63) is 29.3 Å².